The number of benzene rings is 3. The molecule has 0 unspecified atom stereocenters. The van der Waals surface area contributed by atoms with Crippen LogP contribution < -0.4 is 5.32 Å². The topological polar surface area (TPSA) is 55.1 Å². The van der Waals surface area contributed by atoms with E-state index in [1.165, 1.54) is 16.9 Å². The molecule has 5 rings (SSSR count). The highest BCUT2D eigenvalue weighted by molar-refractivity contribution is 7.12. The summed E-state index contributed by atoms with van der Waals surface area (Å²) in [5, 5.41) is 4.78. The van der Waals surface area contributed by atoms with E-state index in [-0.39, 0.29) is 5.91 Å². The van der Waals surface area contributed by atoms with Crippen molar-refractivity contribution in [1.29, 1.82) is 0 Å². The van der Waals surface area contributed by atoms with Gasteiger partial charge in [0, 0.05) is 11.3 Å². The van der Waals surface area contributed by atoms with Crippen LogP contribution in [0.15, 0.2) is 94.7 Å². The van der Waals surface area contributed by atoms with E-state index < -0.39 is 0 Å². The molecule has 1 N–H and O–H groups in total. The normalized spacial score (nSPS) is 10.9. The predicted octanol–water partition coefficient (Wildman–Crippen LogP) is 6.48. The first-order chi connectivity index (χ1) is 14.3. The summed E-state index contributed by atoms with van der Waals surface area (Å²) in [6.45, 7) is 0. The van der Waals surface area contributed by atoms with Gasteiger partial charge in [-0.15, -0.1) is 11.3 Å². The fourth-order valence-electron chi connectivity index (χ4n) is 3.16. The predicted molar refractivity (Wildman–Crippen MR) is 117 cm³/mol. The summed E-state index contributed by atoms with van der Waals surface area (Å²) in [5.41, 5.74) is 5.30. The number of hydrogen-bond acceptors (Lipinski definition) is 4. The van der Waals surface area contributed by atoms with Crippen molar-refractivity contribution in [2.75, 3.05) is 5.32 Å². The number of nitrogens with one attached hydrogen (secondary N) is 1. The van der Waals surface area contributed by atoms with Crippen molar-refractivity contribution in [3.05, 3.63) is 95.2 Å². The van der Waals surface area contributed by atoms with E-state index in [4.69, 9.17) is 4.42 Å². The van der Waals surface area contributed by atoms with Crippen molar-refractivity contribution in [3.8, 4) is 22.6 Å². The zero-order valence-electron chi connectivity index (χ0n) is 15.3. The number of nitrogens with zero attached hydrogens (tertiary/aromatic N) is 1. The molecule has 0 fully saturated rings. The Morgan fingerprint density at radius 1 is 0.828 bits per heavy atom. The zero-order chi connectivity index (χ0) is 19.6. The molecule has 2 heterocycles. The van der Waals surface area contributed by atoms with Crippen LogP contribution in [-0.2, 0) is 0 Å². The second kappa shape index (κ2) is 7.37. The molecule has 0 aliphatic carbocycles. The second-order valence-corrected chi connectivity index (χ2v) is 7.52. The highest BCUT2D eigenvalue weighted by Crippen LogP contribution is 2.28. The first-order valence-electron chi connectivity index (χ1n) is 9.17. The minimum Gasteiger partial charge on any atom is -0.436 e. The lowest BCUT2D eigenvalue weighted by atomic mass is 10.0. The molecule has 0 saturated carbocycles. The van der Waals surface area contributed by atoms with Gasteiger partial charge in [0.1, 0.15) is 5.52 Å². The molecule has 0 atom stereocenters. The summed E-state index contributed by atoms with van der Waals surface area (Å²) >= 11 is 1.41. The van der Waals surface area contributed by atoms with Gasteiger partial charge in [0.2, 0.25) is 5.89 Å². The summed E-state index contributed by atoms with van der Waals surface area (Å²) in [4.78, 5) is 17.5. The van der Waals surface area contributed by atoms with Crippen LogP contribution in [0, 0.1) is 0 Å². The molecule has 0 aliphatic rings. The van der Waals surface area contributed by atoms with Gasteiger partial charge in [0.05, 0.1) is 4.88 Å². The van der Waals surface area contributed by atoms with Gasteiger partial charge in [0.25, 0.3) is 5.91 Å². The van der Waals surface area contributed by atoms with E-state index in [0.29, 0.717) is 27.6 Å². The zero-order valence-corrected chi connectivity index (χ0v) is 16.1. The molecule has 29 heavy (non-hydrogen) atoms. The van der Waals surface area contributed by atoms with Crippen molar-refractivity contribution in [2.24, 2.45) is 0 Å². The van der Waals surface area contributed by atoms with Crippen LogP contribution in [-0.4, -0.2) is 10.9 Å². The van der Waals surface area contributed by atoms with E-state index in [2.05, 4.69) is 34.6 Å². The molecule has 5 heteroatoms. The largest absolute Gasteiger partial charge is 0.436 e. The molecule has 0 radical (unpaired) electrons. The molecule has 0 spiro atoms. The summed E-state index contributed by atoms with van der Waals surface area (Å²) < 4.78 is 5.91. The third-order valence-electron chi connectivity index (χ3n) is 4.63. The van der Waals surface area contributed by atoms with E-state index in [1.807, 2.05) is 60.0 Å². The van der Waals surface area contributed by atoms with Crippen molar-refractivity contribution in [2.45, 2.75) is 0 Å². The Morgan fingerprint density at radius 3 is 2.34 bits per heavy atom. The number of carbonyl (C=O) groups is 1. The van der Waals surface area contributed by atoms with Crippen molar-refractivity contribution < 1.29 is 9.21 Å². The van der Waals surface area contributed by atoms with E-state index in [0.717, 1.165) is 11.1 Å². The molecule has 2 aromatic heterocycles. The maximum Gasteiger partial charge on any atom is 0.265 e. The standard InChI is InChI=1S/C24H16N2O2S/c27-23(22-7-4-14-29-22)25-19-12-13-21-20(15-19)26-24(28-21)18-10-8-17(9-11-18)16-5-2-1-3-6-16/h1-15H,(H,25,27). The number of aromatic nitrogens is 1. The van der Waals surface area contributed by atoms with E-state index >= 15 is 0 Å². The Labute approximate surface area is 171 Å². The van der Waals surface area contributed by atoms with Crippen LogP contribution in [0.25, 0.3) is 33.7 Å². The molecule has 0 saturated heterocycles. The van der Waals surface area contributed by atoms with Gasteiger partial charge >= 0.3 is 0 Å². The Bertz CT molecular complexity index is 1270. The summed E-state index contributed by atoms with van der Waals surface area (Å²) in [6.07, 6.45) is 0. The SMILES string of the molecule is O=C(Nc1ccc2oc(-c3ccc(-c4ccccc4)cc3)nc2c1)c1cccs1. The molecule has 3 aromatic carbocycles. The van der Waals surface area contributed by atoms with Gasteiger partial charge in [-0.25, -0.2) is 4.98 Å². The summed E-state index contributed by atoms with van der Waals surface area (Å²) in [5.74, 6) is 0.431. The number of rotatable bonds is 4. The van der Waals surface area contributed by atoms with E-state index in [9.17, 15) is 4.79 Å². The number of thiophene rings is 1. The third kappa shape index (κ3) is 3.56. The monoisotopic (exact) mass is 396 g/mol. The summed E-state index contributed by atoms with van der Waals surface area (Å²) in [7, 11) is 0. The Kier molecular flexibility index (Phi) is 4.42. The van der Waals surface area contributed by atoms with Gasteiger partial charge in [-0.3, -0.25) is 4.79 Å². The van der Waals surface area contributed by atoms with E-state index in [1.54, 1.807) is 6.07 Å². The van der Waals surface area contributed by atoms with Crippen molar-refractivity contribution >= 4 is 34.0 Å². The first kappa shape index (κ1) is 17.4. The van der Waals surface area contributed by atoms with Gasteiger partial charge < -0.3 is 9.73 Å². The molecule has 140 valence electrons. The lowest BCUT2D eigenvalue weighted by molar-refractivity contribution is 0.103. The molecule has 0 aliphatic heterocycles. The van der Waals surface area contributed by atoms with Crippen LogP contribution in [0.5, 0.6) is 0 Å². The third-order valence-corrected chi connectivity index (χ3v) is 5.50. The highest BCUT2D eigenvalue weighted by atomic mass is 32.1. The number of anilines is 1. The van der Waals surface area contributed by atoms with Gasteiger partial charge in [-0.2, -0.15) is 0 Å². The minimum absolute atomic E-state index is 0.125. The Morgan fingerprint density at radius 2 is 1.59 bits per heavy atom. The number of amides is 1. The van der Waals surface area contributed by atoms with Gasteiger partial charge in [-0.05, 0) is 52.9 Å². The molecule has 1 amide bonds. The maximum absolute atomic E-state index is 12.2. The van der Waals surface area contributed by atoms with Crippen LogP contribution in [0.4, 0.5) is 5.69 Å². The average Bonchev–Trinajstić information content (AvgIpc) is 3.44. The van der Waals surface area contributed by atoms with Crippen LogP contribution in [0.2, 0.25) is 0 Å². The van der Waals surface area contributed by atoms with Gasteiger partial charge in [0.15, 0.2) is 5.58 Å². The van der Waals surface area contributed by atoms with Crippen LogP contribution in [0.3, 0.4) is 0 Å². The molecule has 0 bridgehead atoms. The number of hydrogen-bond donors (Lipinski definition) is 1. The Balaban J connectivity index is 1.40. The first-order valence-corrected chi connectivity index (χ1v) is 10.1. The molecular weight excluding hydrogens is 380 g/mol. The van der Waals surface area contributed by atoms with Crippen LogP contribution >= 0.6 is 11.3 Å². The highest BCUT2D eigenvalue weighted by Gasteiger charge is 2.11. The summed E-state index contributed by atoms with van der Waals surface area (Å²) in [6, 6.07) is 27.5. The average molecular weight is 396 g/mol. The maximum atomic E-state index is 12.2. The minimum atomic E-state index is -0.125. The number of fused-ring (bicyclic) bond motifs is 1. The number of carbonyl (C=O) groups excluding carboxylic acids is 1. The molecule has 5 aromatic rings. The Hall–Kier alpha value is -3.70. The molecular formula is C24H16N2O2S. The van der Waals surface area contributed by atoms with Crippen molar-refractivity contribution in [3.63, 3.8) is 0 Å². The fraction of sp³-hybridized carbons (Fsp3) is 0. The van der Waals surface area contributed by atoms with Crippen molar-refractivity contribution in [1.82, 2.24) is 4.98 Å². The van der Waals surface area contributed by atoms with Gasteiger partial charge in [-0.1, -0.05) is 48.5 Å². The fourth-order valence-corrected chi connectivity index (χ4v) is 3.78. The second-order valence-electron chi connectivity index (χ2n) is 6.58. The molecule has 4 nitrogen and oxygen atoms in total. The number of oxazole rings is 1. The quantitative estimate of drug-likeness (QED) is 0.378. The lowest BCUT2D eigenvalue weighted by Gasteiger charge is -2.02. The lowest BCUT2D eigenvalue weighted by Crippen LogP contribution is -2.09. The van der Waals surface area contributed by atoms with Crippen LogP contribution in [0.1, 0.15) is 9.67 Å². The smallest absolute Gasteiger partial charge is 0.265 e.